The molecule has 3 aliphatic rings. The van der Waals surface area contributed by atoms with Crippen LogP contribution in [0, 0.1) is 18.3 Å². The first-order chi connectivity index (χ1) is 20.1. The summed E-state index contributed by atoms with van der Waals surface area (Å²) in [5.74, 6) is -1.46. The number of hydrazone groups is 1. The van der Waals surface area contributed by atoms with E-state index in [4.69, 9.17) is 39.5 Å². The van der Waals surface area contributed by atoms with E-state index in [1.165, 1.54) is 10.6 Å². The van der Waals surface area contributed by atoms with Crippen LogP contribution in [0.1, 0.15) is 74.6 Å². The number of carbonyl (C=O) groups excluding carboxylic acids is 2. The van der Waals surface area contributed by atoms with Crippen molar-refractivity contribution in [2.75, 3.05) is 6.61 Å². The molecule has 2 aliphatic carbocycles. The minimum Gasteiger partial charge on any atom is -0.494 e. The summed E-state index contributed by atoms with van der Waals surface area (Å²) in [6.45, 7) is 3.37. The van der Waals surface area contributed by atoms with E-state index in [-0.39, 0.29) is 40.8 Å². The van der Waals surface area contributed by atoms with Gasteiger partial charge < -0.3 is 9.84 Å². The van der Waals surface area contributed by atoms with Crippen LogP contribution in [0.3, 0.4) is 0 Å². The van der Waals surface area contributed by atoms with Gasteiger partial charge in [0.2, 0.25) is 5.88 Å². The molecule has 2 unspecified atom stereocenters. The number of allylic oxidation sites excluding steroid dienone is 4. The lowest BCUT2D eigenvalue weighted by Gasteiger charge is -2.37. The van der Waals surface area contributed by atoms with E-state index >= 15 is 0 Å². The summed E-state index contributed by atoms with van der Waals surface area (Å²) in [6.07, 6.45) is 13.2. The van der Waals surface area contributed by atoms with Crippen molar-refractivity contribution < 1.29 is 19.4 Å². The largest absolute Gasteiger partial charge is 0.494 e. The van der Waals surface area contributed by atoms with Crippen LogP contribution in [0.5, 0.6) is 5.88 Å². The van der Waals surface area contributed by atoms with Gasteiger partial charge in [-0.3, -0.25) is 14.2 Å². The van der Waals surface area contributed by atoms with Gasteiger partial charge in [0.05, 0.1) is 29.0 Å². The summed E-state index contributed by atoms with van der Waals surface area (Å²) in [5, 5.41) is 24.8. The lowest BCUT2D eigenvalue weighted by molar-refractivity contribution is -0.135. The molecule has 224 valence electrons. The van der Waals surface area contributed by atoms with Gasteiger partial charge in [-0.1, -0.05) is 37.5 Å². The molecule has 9 nitrogen and oxygen atoms in total. The third kappa shape index (κ3) is 6.46. The summed E-state index contributed by atoms with van der Waals surface area (Å²) in [6, 6.07) is 1.17. The van der Waals surface area contributed by atoms with Crippen molar-refractivity contribution >= 4 is 58.5 Å². The molecule has 1 aromatic rings. The number of ether oxygens (including phenoxy) is 1. The van der Waals surface area contributed by atoms with Gasteiger partial charge in [0, 0.05) is 17.0 Å². The Balaban J connectivity index is 1.62. The Hall–Kier alpha value is -3.06. The average Bonchev–Trinajstić information content (AvgIpc) is 3.26. The number of carbonyl (C=O) groups is 2. The second kappa shape index (κ2) is 13.9. The third-order valence-corrected chi connectivity index (χ3v) is 9.06. The summed E-state index contributed by atoms with van der Waals surface area (Å²) in [7, 11) is 0. The minimum absolute atomic E-state index is 0.00514. The maximum atomic E-state index is 13.4. The van der Waals surface area contributed by atoms with Gasteiger partial charge in [-0.15, -0.1) is 34.8 Å². The number of nitriles is 1. The van der Waals surface area contributed by atoms with Crippen LogP contribution in [0.15, 0.2) is 39.8 Å². The number of nitrogens with zero attached hydrogens (tertiary/aromatic N) is 4. The predicted octanol–water partition coefficient (Wildman–Crippen LogP) is 5.48. The fourth-order valence-electron chi connectivity index (χ4n) is 5.72. The molecule has 1 amide bonds. The lowest BCUT2D eigenvalue weighted by Crippen LogP contribution is -2.50. The number of alkyl halides is 3. The van der Waals surface area contributed by atoms with Crippen LogP contribution in [-0.2, 0) is 14.3 Å². The Bertz CT molecular complexity index is 1440. The zero-order chi connectivity index (χ0) is 30.6. The summed E-state index contributed by atoms with van der Waals surface area (Å²) >= 11 is 19.3. The highest BCUT2D eigenvalue weighted by Gasteiger charge is 2.46. The topological polar surface area (TPSA) is 125 Å². The van der Waals surface area contributed by atoms with E-state index in [0.29, 0.717) is 24.0 Å². The number of hydrogen-bond donors (Lipinski definition) is 1. The zero-order valence-corrected chi connectivity index (χ0v) is 25.7. The van der Waals surface area contributed by atoms with Crippen molar-refractivity contribution in [2.45, 2.75) is 87.0 Å². The quantitative estimate of drug-likeness (QED) is 0.183. The van der Waals surface area contributed by atoms with E-state index < -0.39 is 34.2 Å². The maximum Gasteiger partial charge on any atom is 0.359 e. The highest BCUT2D eigenvalue weighted by molar-refractivity contribution is 6.51. The molecule has 1 aliphatic heterocycles. The molecule has 2 saturated carbocycles. The van der Waals surface area contributed by atoms with Gasteiger partial charge in [-0.05, 0) is 57.2 Å². The lowest BCUT2D eigenvalue weighted by atomic mass is 9.93. The first-order valence-corrected chi connectivity index (χ1v) is 15.4. The Kier molecular flexibility index (Phi) is 10.6. The molecule has 0 radical (unpaired) electrons. The predicted molar refractivity (Wildman–Crippen MR) is 163 cm³/mol. The van der Waals surface area contributed by atoms with E-state index in [1.54, 1.807) is 38.2 Å². The molecule has 0 saturated heterocycles. The number of rotatable bonds is 7. The second-order valence-electron chi connectivity index (χ2n) is 10.6. The Morgan fingerprint density at radius 2 is 1.79 bits per heavy atom. The summed E-state index contributed by atoms with van der Waals surface area (Å²) in [4.78, 5) is 39.1. The molecule has 2 heterocycles. The van der Waals surface area contributed by atoms with Crippen LogP contribution in [0.2, 0.25) is 0 Å². The van der Waals surface area contributed by atoms with Crippen LogP contribution in [-0.4, -0.2) is 61.1 Å². The second-order valence-corrected chi connectivity index (χ2v) is 12.3. The van der Waals surface area contributed by atoms with Crippen LogP contribution < -0.4 is 5.56 Å². The molecule has 0 aromatic carbocycles. The van der Waals surface area contributed by atoms with Gasteiger partial charge >= 0.3 is 5.97 Å². The first-order valence-electron chi connectivity index (χ1n) is 14.1. The smallest absolute Gasteiger partial charge is 0.359 e. The van der Waals surface area contributed by atoms with Gasteiger partial charge in [-0.2, -0.15) is 10.4 Å². The van der Waals surface area contributed by atoms with E-state index in [2.05, 4.69) is 5.10 Å². The molecular formula is C30H33Cl3N4O5. The minimum atomic E-state index is -0.749. The standard InChI is InChI=1S/C30H33Cl3N4O5/c1-3-42-30(41)25-21(29(40)37(35-25)26-23(32)14-18(31)15-24(26)33)13-9-5-8-12-20-17(2)22(16-34)28(39)36(27(20)38)19-10-6-4-7-11-19/h5,8-9,12-13,18-19,23-24,26,38H,3-4,6-7,10-11,14-15H2,1-2H3/b9-5+,12-8+,21-13-. The van der Waals surface area contributed by atoms with E-state index in [9.17, 15) is 24.8 Å². The SMILES string of the molecule is CCOC(=O)C1=NN(C2C(Cl)CC(Cl)CC2Cl)C(=O)\C1=C/C=C/C=C/c1c(C)c(C#N)c(=O)n(C2CCCCC2)c1O. The van der Waals surface area contributed by atoms with Crippen molar-refractivity contribution in [2.24, 2.45) is 5.10 Å². The van der Waals surface area contributed by atoms with Crippen LogP contribution in [0.25, 0.3) is 6.08 Å². The van der Waals surface area contributed by atoms with Crippen LogP contribution in [0.4, 0.5) is 0 Å². The van der Waals surface area contributed by atoms with Gasteiger partial charge in [-0.25, -0.2) is 9.80 Å². The Morgan fingerprint density at radius 1 is 1.12 bits per heavy atom. The van der Waals surface area contributed by atoms with Gasteiger partial charge in [0.1, 0.15) is 11.6 Å². The zero-order valence-electron chi connectivity index (χ0n) is 23.4. The van der Waals surface area contributed by atoms with Gasteiger partial charge in [0.25, 0.3) is 11.5 Å². The van der Waals surface area contributed by atoms with E-state index in [0.717, 1.165) is 37.1 Å². The van der Waals surface area contributed by atoms with Gasteiger partial charge in [0.15, 0.2) is 5.71 Å². The molecule has 1 aromatic heterocycles. The molecule has 12 heteroatoms. The molecule has 4 rings (SSSR count). The van der Waals surface area contributed by atoms with Crippen LogP contribution >= 0.6 is 34.8 Å². The number of aromatic hydroxyl groups is 1. The molecular weight excluding hydrogens is 603 g/mol. The fraction of sp³-hybridized carbons (Fsp3) is 0.500. The Labute approximate surface area is 259 Å². The number of hydrogen-bond acceptors (Lipinski definition) is 7. The fourth-order valence-corrected chi connectivity index (χ4v) is 7.35. The molecule has 42 heavy (non-hydrogen) atoms. The van der Waals surface area contributed by atoms with Crippen molar-refractivity contribution in [1.82, 2.24) is 9.58 Å². The first kappa shape index (κ1) is 31.9. The van der Waals surface area contributed by atoms with Crippen molar-refractivity contribution in [3.63, 3.8) is 0 Å². The maximum absolute atomic E-state index is 13.4. The summed E-state index contributed by atoms with van der Waals surface area (Å²) in [5.41, 5.74) is 0.131. The Morgan fingerprint density at radius 3 is 2.40 bits per heavy atom. The van der Waals surface area contributed by atoms with E-state index in [1.807, 2.05) is 6.07 Å². The third-order valence-electron chi connectivity index (χ3n) is 7.84. The van der Waals surface area contributed by atoms with Crippen molar-refractivity contribution in [3.05, 3.63) is 56.9 Å². The average molecular weight is 636 g/mol. The number of aromatic nitrogens is 1. The van der Waals surface area contributed by atoms with Crippen molar-refractivity contribution in [1.29, 1.82) is 5.26 Å². The molecule has 2 fully saturated rings. The highest BCUT2D eigenvalue weighted by Crippen LogP contribution is 2.37. The molecule has 1 N–H and O–H groups in total. The molecule has 0 spiro atoms. The summed E-state index contributed by atoms with van der Waals surface area (Å²) < 4.78 is 6.46. The normalized spacial score (nSPS) is 26.3. The number of amides is 1. The number of halogens is 3. The number of esters is 1. The van der Waals surface area contributed by atoms with Crippen molar-refractivity contribution in [3.8, 4) is 11.9 Å². The highest BCUT2D eigenvalue weighted by atomic mass is 35.5. The molecule has 2 atom stereocenters. The number of pyridine rings is 1. The monoisotopic (exact) mass is 634 g/mol. The molecule has 0 bridgehead atoms.